The zero-order valence-corrected chi connectivity index (χ0v) is 16.9. The molecular weight excluding hydrogens is 370 g/mol. The van der Waals surface area contributed by atoms with E-state index in [2.05, 4.69) is 16.0 Å². The van der Waals surface area contributed by atoms with E-state index in [0.29, 0.717) is 5.69 Å². The van der Waals surface area contributed by atoms with Crippen molar-refractivity contribution in [2.24, 2.45) is 0 Å². The van der Waals surface area contributed by atoms with Gasteiger partial charge < -0.3 is 20.7 Å². The van der Waals surface area contributed by atoms with Crippen LogP contribution in [0.2, 0.25) is 0 Å². The number of nitrogens with one attached hydrogen (secondary N) is 3. The topological polar surface area (TPSA) is 96.5 Å². The summed E-state index contributed by atoms with van der Waals surface area (Å²) in [5, 5.41) is 7.85. The van der Waals surface area contributed by atoms with Gasteiger partial charge >= 0.3 is 6.09 Å². The first-order chi connectivity index (χ1) is 13.7. The molecule has 0 heterocycles. The van der Waals surface area contributed by atoms with Crippen LogP contribution in [0.5, 0.6) is 0 Å². The number of rotatable bonds is 7. The summed E-state index contributed by atoms with van der Waals surface area (Å²) in [7, 11) is 0. The van der Waals surface area contributed by atoms with E-state index in [4.69, 9.17) is 4.74 Å². The molecule has 1 atom stereocenters. The van der Waals surface area contributed by atoms with Crippen molar-refractivity contribution in [3.63, 3.8) is 0 Å². The zero-order chi connectivity index (χ0) is 21.3. The summed E-state index contributed by atoms with van der Waals surface area (Å²) < 4.78 is 5.25. The van der Waals surface area contributed by atoms with Gasteiger partial charge in [-0.05, 0) is 38.5 Å². The van der Waals surface area contributed by atoms with Crippen molar-refractivity contribution in [1.29, 1.82) is 0 Å². The maximum absolute atomic E-state index is 12.6. The molecule has 29 heavy (non-hydrogen) atoms. The van der Waals surface area contributed by atoms with Crippen molar-refractivity contribution in [3.05, 3.63) is 66.2 Å². The van der Waals surface area contributed by atoms with Gasteiger partial charge in [-0.1, -0.05) is 48.5 Å². The van der Waals surface area contributed by atoms with E-state index in [1.54, 1.807) is 45.0 Å². The van der Waals surface area contributed by atoms with Crippen LogP contribution in [0.25, 0.3) is 0 Å². The molecule has 0 aliphatic heterocycles. The van der Waals surface area contributed by atoms with Gasteiger partial charge in [0.25, 0.3) is 0 Å². The quantitative estimate of drug-likeness (QED) is 0.669. The van der Waals surface area contributed by atoms with Crippen molar-refractivity contribution in [2.45, 2.75) is 38.8 Å². The fourth-order valence-electron chi connectivity index (χ4n) is 2.53. The van der Waals surface area contributed by atoms with E-state index < -0.39 is 23.6 Å². The van der Waals surface area contributed by atoms with Crippen LogP contribution in [-0.2, 0) is 20.7 Å². The van der Waals surface area contributed by atoms with E-state index >= 15 is 0 Å². The average molecular weight is 397 g/mol. The van der Waals surface area contributed by atoms with Gasteiger partial charge in [-0.25, -0.2) is 4.79 Å². The third-order valence-electron chi connectivity index (χ3n) is 3.77. The van der Waals surface area contributed by atoms with Crippen LogP contribution in [0.1, 0.15) is 26.3 Å². The standard InChI is InChI=1S/C22H27N3O4/c1-22(2,3)29-21(28)25-18(14-16-10-6-4-7-11-16)20(27)23-15-19(26)24-17-12-8-5-9-13-17/h4-13,18H,14-15H2,1-3H3,(H,23,27)(H,24,26)(H,25,28)/t18-/m0/s1. The Morgan fingerprint density at radius 2 is 1.52 bits per heavy atom. The second-order valence-corrected chi connectivity index (χ2v) is 7.52. The number of carbonyl (C=O) groups is 3. The second-order valence-electron chi connectivity index (χ2n) is 7.52. The number of hydrogen-bond acceptors (Lipinski definition) is 4. The molecule has 7 heteroatoms. The highest BCUT2D eigenvalue weighted by molar-refractivity contribution is 5.95. The Bertz CT molecular complexity index is 817. The monoisotopic (exact) mass is 397 g/mol. The minimum Gasteiger partial charge on any atom is -0.444 e. The molecule has 3 N–H and O–H groups in total. The van der Waals surface area contributed by atoms with Crippen LogP contribution in [-0.4, -0.2) is 36.1 Å². The van der Waals surface area contributed by atoms with E-state index in [1.165, 1.54) is 0 Å². The zero-order valence-electron chi connectivity index (χ0n) is 16.9. The molecule has 0 unspecified atom stereocenters. The number of para-hydroxylation sites is 1. The maximum Gasteiger partial charge on any atom is 0.408 e. The first-order valence-electron chi connectivity index (χ1n) is 9.39. The van der Waals surface area contributed by atoms with E-state index in [-0.39, 0.29) is 18.9 Å². The van der Waals surface area contributed by atoms with Crippen LogP contribution in [0, 0.1) is 0 Å². The Morgan fingerprint density at radius 3 is 2.10 bits per heavy atom. The lowest BCUT2D eigenvalue weighted by Gasteiger charge is -2.23. The summed E-state index contributed by atoms with van der Waals surface area (Å²) in [6, 6.07) is 17.4. The number of ether oxygens (including phenoxy) is 1. The Kier molecular flexibility index (Phi) is 7.77. The van der Waals surface area contributed by atoms with Gasteiger partial charge in [0.1, 0.15) is 11.6 Å². The van der Waals surface area contributed by atoms with Crippen molar-refractivity contribution in [2.75, 3.05) is 11.9 Å². The third-order valence-corrected chi connectivity index (χ3v) is 3.77. The number of amides is 3. The summed E-state index contributed by atoms with van der Waals surface area (Å²) in [6.45, 7) is 5.02. The number of anilines is 1. The largest absolute Gasteiger partial charge is 0.444 e. The summed E-state index contributed by atoms with van der Waals surface area (Å²) in [4.78, 5) is 36.9. The van der Waals surface area contributed by atoms with E-state index in [1.807, 2.05) is 36.4 Å². The van der Waals surface area contributed by atoms with E-state index in [9.17, 15) is 14.4 Å². The van der Waals surface area contributed by atoms with Gasteiger partial charge in [0, 0.05) is 12.1 Å². The number of carbonyl (C=O) groups excluding carboxylic acids is 3. The molecule has 3 amide bonds. The van der Waals surface area contributed by atoms with Crippen molar-refractivity contribution >= 4 is 23.6 Å². The second kappa shape index (κ2) is 10.3. The van der Waals surface area contributed by atoms with Crippen LogP contribution in [0.4, 0.5) is 10.5 Å². The van der Waals surface area contributed by atoms with Crippen LogP contribution in [0.3, 0.4) is 0 Å². The predicted molar refractivity (Wildman–Crippen MR) is 111 cm³/mol. The summed E-state index contributed by atoms with van der Waals surface area (Å²) >= 11 is 0. The van der Waals surface area contributed by atoms with Gasteiger partial charge in [0.05, 0.1) is 6.54 Å². The summed E-state index contributed by atoms with van der Waals surface area (Å²) in [6.07, 6.45) is -0.422. The number of benzene rings is 2. The fraction of sp³-hybridized carbons (Fsp3) is 0.318. The predicted octanol–water partition coefficient (Wildman–Crippen LogP) is 2.88. The van der Waals surface area contributed by atoms with Gasteiger partial charge in [-0.3, -0.25) is 9.59 Å². The lowest BCUT2D eigenvalue weighted by molar-refractivity contribution is -0.125. The smallest absolute Gasteiger partial charge is 0.408 e. The Hall–Kier alpha value is -3.35. The Balaban J connectivity index is 1.97. The highest BCUT2D eigenvalue weighted by Gasteiger charge is 2.25. The van der Waals surface area contributed by atoms with Crippen LogP contribution >= 0.6 is 0 Å². The van der Waals surface area contributed by atoms with Gasteiger partial charge in [0.2, 0.25) is 11.8 Å². The molecule has 0 saturated heterocycles. The number of hydrogen-bond donors (Lipinski definition) is 3. The van der Waals surface area contributed by atoms with Crippen molar-refractivity contribution < 1.29 is 19.1 Å². The Labute approximate surface area is 170 Å². The SMILES string of the molecule is CC(C)(C)OC(=O)N[C@@H](Cc1ccccc1)C(=O)NCC(=O)Nc1ccccc1. The molecule has 2 aromatic rings. The summed E-state index contributed by atoms with van der Waals surface area (Å²) in [5.74, 6) is -0.830. The van der Waals surface area contributed by atoms with Gasteiger partial charge in [-0.15, -0.1) is 0 Å². The fourth-order valence-corrected chi connectivity index (χ4v) is 2.53. The Morgan fingerprint density at radius 1 is 0.931 bits per heavy atom. The molecule has 0 aliphatic carbocycles. The highest BCUT2D eigenvalue weighted by atomic mass is 16.6. The molecule has 7 nitrogen and oxygen atoms in total. The maximum atomic E-state index is 12.6. The molecule has 0 spiro atoms. The average Bonchev–Trinajstić information content (AvgIpc) is 2.66. The molecule has 0 radical (unpaired) electrons. The number of alkyl carbamates (subject to hydrolysis) is 1. The molecule has 2 rings (SSSR count). The molecule has 0 aliphatic rings. The van der Waals surface area contributed by atoms with Crippen molar-refractivity contribution in [3.8, 4) is 0 Å². The normalized spacial score (nSPS) is 11.8. The van der Waals surface area contributed by atoms with Gasteiger partial charge in [-0.2, -0.15) is 0 Å². The minimum atomic E-state index is -0.878. The van der Waals surface area contributed by atoms with E-state index in [0.717, 1.165) is 5.56 Å². The molecule has 2 aromatic carbocycles. The van der Waals surface area contributed by atoms with Crippen LogP contribution < -0.4 is 16.0 Å². The molecule has 0 fully saturated rings. The molecule has 154 valence electrons. The molecule has 0 bridgehead atoms. The van der Waals surface area contributed by atoms with Crippen LogP contribution in [0.15, 0.2) is 60.7 Å². The first kappa shape index (κ1) is 21.9. The summed E-state index contributed by atoms with van der Waals surface area (Å²) in [5.41, 5.74) is 0.824. The third kappa shape index (κ3) is 8.47. The van der Waals surface area contributed by atoms with Gasteiger partial charge in [0.15, 0.2) is 0 Å². The molecule has 0 saturated carbocycles. The molecule has 0 aromatic heterocycles. The lowest BCUT2D eigenvalue weighted by atomic mass is 10.1. The molecular formula is C22H27N3O4. The van der Waals surface area contributed by atoms with Crippen molar-refractivity contribution in [1.82, 2.24) is 10.6 Å². The lowest BCUT2D eigenvalue weighted by Crippen LogP contribution is -2.50. The highest BCUT2D eigenvalue weighted by Crippen LogP contribution is 2.09. The first-order valence-corrected chi connectivity index (χ1v) is 9.39. The minimum absolute atomic E-state index is 0.213.